The summed E-state index contributed by atoms with van der Waals surface area (Å²) in [6.45, 7) is -1.30. The lowest BCUT2D eigenvalue weighted by Crippen LogP contribution is -2.76. The van der Waals surface area contributed by atoms with E-state index in [1.807, 2.05) is 0 Å². The third-order valence-corrected chi connectivity index (χ3v) is 6.53. The number of hydrogen-bond acceptors (Lipinski definition) is 3. The van der Waals surface area contributed by atoms with Crippen LogP contribution in [0.3, 0.4) is 0 Å². The van der Waals surface area contributed by atoms with Gasteiger partial charge in [0.2, 0.25) is 11.8 Å². The van der Waals surface area contributed by atoms with Crippen molar-refractivity contribution in [1.82, 2.24) is 10.2 Å². The van der Waals surface area contributed by atoms with Crippen molar-refractivity contribution in [2.75, 3.05) is 13.1 Å². The van der Waals surface area contributed by atoms with Crippen LogP contribution < -0.4 is 5.32 Å². The van der Waals surface area contributed by atoms with Crippen LogP contribution in [0, 0.1) is 0 Å². The molecule has 0 radical (unpaired) electrons. The number of likely N-dealkylation sites (tertiary alicyclic amines) is 1. The van der Waals surface area contributed by atoms with E-state index in [4.69, 9.17) is 11.6 Å². The van der Waals surface area contributed by atoms with Crippen LogP contribution in [0.5, 0.6) is 0 Å². The molecule has 1 amide bonds. The zero-order chi connectivity index (χ0) is 17.6. The quantitative estimate of drug-likeness (QED) is 0.589. The van der Waals surface area contributed by atoms with Crippen LogP contribution in [-0.2, 0) is 4.79 Å². The first kappa shape index (κ1) is 16.8. The monoisotopic (exact) mass is 370 g/mol. The highest BCUT2D eigenvalue weighted by atomic mass is 35.5. The summed E-state index contributed by atoms with van der Waals surface area (Å²) in [5.74, 6) is -7.08. The second-order valence-electron chi connectivity index (χ2n) is 8.17. The number of aliphatic hydroxyl groups excluding tert-OH is 1. The maximum Gasteiger partial charge on any atom is 0.287 e. The van der Waals surface area contributed by atoms with E-state index in [-0.39, 0.29) is 16.8 Å². The molecule has 5 aliphatic rings. The van der Waals surface area contributed by atoms with Crippen molar-refractivity contribution in [3.63, 3.8) is 0 Å². The van der Waals surface area contributed by atoms with Crippen molar-refractivity contribution in [1.29, 1.82) is 0 Å². The second kappa shape index (κ2) is 4.57. The molecular formula is C15H19ClF4N2O2. The predicted molar refractivity (Wildman–Crippen MR) is 77.4 cm³/mol. The van der Waals surface area contributed by atoms with Crippen molar-refractivity contribution in [3.8, 4) is 0 Å². The molecule has 1 heterocycles. The van der Waals surface area contributed by atoms with Crippen molar-refractivity contribution in [3.05, 3.63) is 0 Å². The van der Waals surface area contributed by atoms with Crippen LogP contribution in [0.15, 0.2) is 0 Å². The molecule has 1 saturated heterocycles. The molecule has 2 N–H and O–H groups in total. The van der Waals surface area contributed by atoms with E-state index in [1.165, 1.54) is 0 Å². The van der Waals surface area contributed by atoms with E-state index in [1.54, 1.807) is 0 Å². The van der Waals surface area contributed by atoms with Gasteiger partial charge in [-0.2, -0.15) is 0 Å². The number of amides is 1. The highest BCUT2D eigenvalue weighted by Gasteiger charge is 2.70. The third-order valence-electron chi connectivity index (χ3n) is 6.13. The maximum atomic E-state index is 14.0. The molecular weight excluding hydrogens is 352 g/mol. The highest BCUT2D eigenvalue weighted by molar-refractivity contribution is 6.26. The van der Waals surface area contributed by atoms with Gasteiger partial charge in [-0.25, -0.2) is 17.6 Å². The molecule has 4 saturated carbocycles. The van der Waals surface area contributed by atoms with Crippen molar-refractivity contribution in [2.45, 2.75) is 72.4 Å². The number of rotatable bonds is 3. The lowest BCUT2D eigenvalue weighted by atomic mass is 9.49. The molecule has 5 rings (SSSR count). The molecule has 9 heteroatoms. The molecule has 24 heavy (non-hydrogen) atoms. The molecule has 1 spiro atoms. The molecule has 0 unspecified atom stereocenters. The third kappa shape index (κ3) is 2.29. The van der Waals surface area contributed by atoms with Crippen molar-refractivity contribution in [2.24, 2.45) is 0 Å². The first-order valence-electron chi connectivity index (χ1n) is 8.08. The van der Waals surface area contributed by atoms with Gasteiger partial charge in [0, 0.05) is 18.4 Å². The van der Waals surface area contributed by atoms with Crippen molar-refractivity contribution < 1.29 is 27.5 Å². The summed E-state index contributed by atoms with van der Waals surface area (Å²) in [4.78, 5) is 13.1. The Morgan fingerprint density at radius 1 is 1.17 bits per heavy atom. The Morgan fingerprint density at radius 2 is 1.79 bits per heavy atom. The summed E-state index contributed by atoms with van der Waals surface area (Å²) in [5, 5.41) is 12.8. The Kier molecular flexibility index (Phi) is 3.20. The molecule has 136 valence electrons. The predicted octanol–water partition coefficient (Wildman–Crippen LogP) is 1.89. The average Bonchev–Trinajstić information content (AvgIpc) is 2.78. The fraction of sp³-hybridized carbons (Fsp3) is 0.933. The van der Waals surface area contributed by atoms with Gasteiger partial charge < -0.3 is 10.4 Å². The van der Waals surface area contributed by atoms with Crippen LogP contribution in [-0.4, -0.2) is 62.9 Å². The Balaban J connectivity index is 1.48. The topological polar surface area (TPSA) is 52.6 Å². The normalized spacial score (nSPS) is 48.2. The summed E-state index contributed by atoms with van der Waals surface area (Å²) < 4.78 is 55.3. The molecule has 0 aromatic carbocycles. The number of aliphatic hydroxyl groups is 1. The van der Waals surface area contributed by atoms with Gasteiger partial charge in [-0.05, 0) is 25.7 Å². The summed E-state index contributed by atoms with van der Waals surface area (Å²) in [6, 6.07) is 0. The zero-order valence-corrected chi connectivity index (χ0v) is 13.7. The van der Waals surface area contributed by atoms with E-state index in [0.717, 1.165) is 4.90 Å². The molecule has 2 atom stereocenters. The van der Waals surface area contributed by atoms with Gasteiger partial charge in [-0.3, -0.25) is 9.69 Å². The van der Waals surface area contributed by atoms with Crippen LogP contribution in [0.2, 0.25) is 0 Å². The molecule has 4 nitrogen and oxygen atoms in total. The Hall–Kier alpha value is -0.600. The second-order valence-corrected chi connectivity index (χ2v) is 8.97. The van der Waals surface area contributed by atoms with Gasteiger partial charge in [-0.1, -0.05) is 0 Å². The largest absolute Gasteiger partial charge is 0.385 e. The number of halogens is 5. The Bertz CT molecular complexity index is 582. The highest BCUT2D eigenvalue weighted by Crippen LogP contribution is 2.64. The number of nitrogens with zero attached hydrogens (tertiary/aromatic N) is 1. The molecule has 4 aliphatic carbocycles. The molecule has 1 aliphatic heterocycles. The summed E-state index contributed by atoms with van der Waals surface area (Å²) in [5.41, 5.74) is -2.09. The molecule has 0 aromatic rings. The minimum Gasteiger partial charge on any atom is -0.385 e. The van der Waals surface area contributed by atoms with Gasteiger partial charge in [-0.15, -0.1) is 11.6 Å². The fourth-order valence-corrected chi connectivity index (χ4v) is 5.88. The smallest absolute Gasteiger partial charge is 0.287 e. The van der Waals surface area contributed by atoms with Gasteiger partial charge >= 0.3 is 0 Å². The molecule has 0 aromatic heterocycles. The van der Waals surface area contributed by atoms with Gasteiger partial charge in [0.15, 0.2) is 0 Å². The summed E-state index contributed by atoms with van der Waals surface area (Å²) in [7, 11) is 0. The Labute approximate surface area is 141 Å². The Morgan fingerprint density at radius 3 is 2.29 bits per heavy atom. The maximum absolute atomic E-state index is 14.0. The number of carbonyl (C=O) groups excluding carboxylic acids is 1. The van der Waals surface area contributed by atoms with E-state index in [9.17, 15) is 27.5 Å². The van der Waals surface area contributed by atoms with Crippen LogP contribution in [0.25, 0.3) is 0 Å². The van der Waals surface area contributed by atoms with E-state index in [0.29, 0.717) is 19.3 Å². The molecule has 2 bridgehead atoms. The number of carbonyl (C=O) groups is 1. The number of alkyl halides is 5. The van der Waals surface area contributed by atoms with Crippen LogP contribution in [0.1, 0.15) is 38.5 Å². The lowest BCUT2D eigenvalue weighted by molar-refractivity contribution is -0.133. The zero-order valence-electron chi connectivity index (χ0n) is 12.9. The summed E-state index contributed by atoms with van der Waals surface area (Å²) in [6.07, 6.45) is -1.90. The minimum absolute atomic E-state index is 0.237. The van der Waals surface area contributed by atoms with Crippen molar-refractivity contribution >= 4 is 17.5 Å². The summed E-state index contributed by atoms with van der Waals surface area (Å²) >= 11 is 6.12. The average molecular weight is 371 g/mol. The van der Waals surface area contributed by atoms with Gasteiger partial charge in [0.05, 0.1) is 23.5 Å². The van der Waals surface area contributed by atoms with E-state index in [2.05, 4.69) is 5.32 Å². The first-order chi connectivity index (χ1) is 10.9. The van der Waals surface area contributed by atoms with Gasteiger partial charge in [0.25, 0.3) is 5.92 Å². The standard InChI is InChI=1S/C15H19ClF4N2O2/c16-11-4-12(5-11,6-11)21-9(23)3-22-8-15(19,20)10(24)13(22)1-2-14(17,18)7-13/h10,24H,1-8H2,(H,21,23)/t10-,11?,12?,13+/m1/s1. The van der Waals surface area contributed by atoms with E-state index >= 15 is 0 Å². The van der Waals surface area contributed by atoms with Crippen LogP contribution in [0.4, 0.5) is 17.6 Å². The number of hydrogen-bond donors (Lipinski definition) is 2. The lowest BCUT2D eigenvalue weighted by Gasteiger charge is -2.67. The van der Waals surface area contributed by atoms with Gasteiger partial charge in [0.1, 0.15) is 6.10 Å². The fourth-order valence-electron chi connectivity index (χ4n) is 5.11. The first-order valence-corrected chi connectivity index (χ1v) is 8.46. The van der Waals surface area contributed by atoms with E-state index < -0.39 is 55.3 Å². The molecule has 5 fully saturated rings. The number of nitrogens with one attached hydrogen (secondary N) is 1. The van der Waals surface area contributed by atoms with Crippen LogP contribution >= 0.6 is 11.6 Å². The minimum atomic E-state index is -3.50. The SMILES string of the molecule is O=C(CN1CC(F)(F)[C@H](O)[C@@]12CCC(F)(F)C2)NC12CC(Cl)(C1)C2.